The van der Waals surface area contributed by atoms with E-state index >= 15 is 0 Å². The molecule has 3 heteroatoms. The predicted octanol–water partition coefficient (Wildman–Crippen LogP) is 4.02. The van der Waals surface area contributed by atoms with Crippen LogP contribution in [0.2, 0.25) is 5.02 Å². The zero-order chi connectivity index (χ0) is 13.1. The number of piperidine rings is 1. The van der Waals surface area contributed by atoms with Crippen molar-refractivity contribution in [2.45, 2.75) is 39.2 Å². The van der Waals surface area contributed by atoms with Gasteiger partial charge in [0, 0.05) is 13.1 Å². The van der Waals surface area contributed by atoms with Crippen molar-refractivity contribution >= 4 is 17.3 Å². The monoisotopic (exact) mass is 267 g/mol. The van der Waals surface area contributed by atoms with E-state index in [1.165, 1.54) is 19.3 Å². The lowest BCUT2D eigenvalue weighted by atomic mass is 9.95. The summed E-state index contributed by atoms with van der Waals surface area (Å²) in [6.45, 7) is 6.21. The first-order chi connectivity index (χ1) is 8.61. The van der Waals surface area contributed by atoms with Gasteiger partial charge in [-0.2, -0.15) is 0 Å². The molecule has 2 atom stereocenters. The highest BCUT2D eigenvalue weighted by Gasteiger charge is 2.20. The molecule has 1 aliphatic rings. The van der Waals surface area contributed by atoms with Gasteiger partial charge in [-0.05, 0) is 43.4 Å². The molecule has 0 amide bonds. The van der Waals surface area contributed by atoms with Crippen molar-refractivity contribution in [1.29, 1.82) is 0 Å². The number of rotatable bonds is 3. The number of nitrogens with zero attached hydrogens (tertiary/aromatic N) is 1. The van der Waals surface area contributed by atoms with Gasteiger partial charge in [0.2, 0.25) is 0 Å². The van der Waals surface area contributed by atoms with E-state index in [1.807, 2.05) is 18.2 Å². The largest absolute Gasteiger partial charge is 0.389 e. The number of hydrogen-bond acceptors (Lipinski definition) is 2. The Hall–Kier alpha value is -0.730. The Kier molecular flexibility index (Phi) is 4.52. The molecule has 1 aromatic rings. The number of anilines is 1. The van der Waals surface area contributed by atoms with Crippen LogP contribution in [0.25, 0.3) is 0 Å². The zero-order valence-electron chi connectivity index (χ0n) is 11.2. The average Bonchev–Trinajstić information content (AvgIpc) is 2.38. The van der Waals surface area contributed by atoms with Gasteiger partial charge in [0.05, 0.1) is 16.8 Å². The molecule has 1 N–H and O–H groups in total. The molecule has 0 radical (unpaired) electrons. The van der Waals surface area contributed by atoms with Crippen LogP contribution in [0.15, 0.2) is 18.2 Å². The van der Waals surface area contributed by atoms with Gasteiger partial charge in [0.1, 0.15) is 0 Å². The average molecular weight is 268 g/mol. The summed E-state index contributed by atoms with van der Waals surface area (Å²) < 4.78 is 0. The molecule has 1 saturated heterocycles. The van der Waals surface area contributed by atoms with Crippen LogP contribution in [0, 0.1) is 5.92 Å². The Balaban J connectivity index is 2.17. The highest BCUT2D eigenvalue weighted by molar-refractivity contribution is 6.33. The highest BCUT2D eigenvalue weighted by atomic mass is 35.5. The first-order valence-electron chi connectivity index (χ1n) is 6.84. The maximum atomic E-state index is 9.56. The summed E-state index contributed by atoms with van der Waals surface area (Å²) in [6.07, 6.45) is 3.35. The van der Waals surface area contributed by atoms with Crippen LogP contribution in [0.1, 0.15) is 44.8 Å². The van der Waals surface area contributed by atoms with E-state index in [-0.39, 0.29) is 0 Å². The van der Waals surface area contributed by atoms with Crippen LogP contribution in [-0.4, -0.2) is 18.2 Å². The van der Waals surface area contributed by atoms with Gasteiger partial charge >= 0.3 is 0 Å². The molecule has 0 bridgehead atoms. The number of aliphatic hydroxyl groups is 1. The number of benzene rings is 1. The summed E-state index contributed by atoms with van der Waals surface area (Å²) >= 11 is 6.34. The first kappa shape index (κ1) is 13.7. The molecule has 1 aromatic carbocycles. The van der Waals surface area contributed by atoms with Gasteiger partial charge in [0.25, 0.3) is 0 Å². The molecule has 0 saturated carbocycles. The minimum absolute atomic E-state index is 0.457. The third-order valence-corrected chi connectivity index (χ3v) is 4.19. The van der Waals surface area contributed by atoms with E-state index in [0.717, 1.165) is 35.3 Å². The van der Waals surface area contributed by atoms with Crippen molar-refractivity contribution in [3.05, 3.63) is 28.8 Å². The fraction of sp³-hybridized carbons (Fsp3) is 0.600. The van der Waals surface area contributed by atoms with Crippen molar-refractivity contribution in [2.75, 3.05) is 18.0 Å². The molecule has 2 nitrogen and oxygen atoms in total. The minimum atomic E-state index is -0.457. The van der Waals surface area contributed by atoms with Crippen LogP contribution in [0.5, 0.6) is 0 Å². The third kappa shape index (κ3) is 2.99. The molecule has 1 aliphatic heterocycles. The Morgan fingerprint density at radius 2 is 2.28 bits per heavy atom. The maximum absolute atomic E-state index is 9.56. The summed E-state index contributed by atoms with van der Waals surface area (Å²) in [5, 5.41) is 10.3. The number of halogens is 1. The number of hydrogen-bond donors (Lipinski definition) is 1. The van der Waals surface area contributed by atoms with Crippen molar-refractivity contribution in [3.63, 3.8) is 0 Å². The van der Waals surface area contributed by atoms with Gasteiger partial charge in [-0.15, -0.1) is 0 Å². The lowest BCUT2D eigenvalue weighted by Gasteiger charge is -2.34. The summed E-state index contributed by atoms with van der Waals surface area (Å²) in [7, 11) is 0. The fourth-order valence-electron chi connectivity index (χ4n) is 2.66. The van der Waals surface area contributed by atoms with Gasteiger partial charge in [-0.3, -0.25) is 0 Å². The maximum Gasteiger partial charge on any atom is 0.0762 e. The lowest BCUT2D eigenvalue weighted by molar-refractivity contribution is 0.199. The quantitative estimate of drug-likeness (QED) is 0.894. The Morgan fingerprint density at radius 3 is 2.89 bits per heavy atom. The Bertz CT molecular complexity index is 405. The highest BCUT2D eigenvalue weighted by Crippen LogP contribution is 2.32. The molecule has 100 valence electrons. The molecular weight excluding hydrogens is 246 g/mol. The summed E-state index contributed by atoms with van der Waals surface area (Å²) in [4.78, 5) is 2.38. The lowest BCUT2D eigenvalue weighted by Crippen LogP contribution is -2.35. The van der Waals surface area contributed by atoms with Crippen molar-refractivity contribution in [3.8, 4) is 0 Å². The van der Waals surface area contributed by atoms with E-state index in [2.05, 4.69) is 11.8 Å². The van der Waals surface area contributed by atoms with Crippen molar-refractivity contribution < 1.29 is 5.11 Å². The van der Waals surface area contributed by atoms with E-state index in [4.69, 9.17) is 11.6 Å². The molecule has 2 rings (SSSR count). The number of aliphatic hydroxyl groups excluding tert-OH is 1. The SMILES string of the molecule is CCC1CCCN(c2ccc([C@@H](C)O)cc2Cl)C1. The fourth-order valence-corrected chi connectivity index (χ4v) is 2.97. The van der Waals surface area contributed by atoms with Crippen LogP contribution in [0.4, 0.5) is 5.69 Å². The standard InChI is InChI=1S/C15H22ClNO/c1-3-12-5-4-8-17(10-12)15-7-6-13(11(2)18)9-14(15)16/h6-7,9,11-12,18H,3-5,8,10H2,1-2H3/t11-,12?/m1/s1. The zero-order valence-corrected chi connectivity index (χ0v) is 12.0. The normalized spacial score (nSPS) is 22.0. The summed E-state index contributed by atoms with van der Waals surface area (Å²) in [6, 6.07) is 5.90. The Labute approximate surface area is 115 Å². The van der Waals surface area contributed by atoms with Crippen LogP contribution in [0.3, 0.4) is 0 Å². The molecule has 0 aliphatic carbocycles. The van der Waals surface area contributed by atoms with E-state index in [0.29, 0.717) is 0 Å². The molecule has 1 unspecified atom stereocenters. The third-order valence-electron chi connectivity index (χ3n) is 3.89. The van der Waals surface area contributed by atoms with Gasteiger partial charge in [0.15, 0.2) is 0 Å². The summed E-state index contributed by atoms with van der Waals surface area (Å²) in [5.41, 5.74) is 1.99. The van der Waals surface area contributed by atoms with Crippen molar-refractivity contribution in [2.24, 2.45) is 5.92 Å². The van der Waals surface area contributed by atoms with E-state index in [9.17, 15) is 5.11 Å². The van der Waals surface area contributed by atoms with Gasteiger partial charge < -0.3 is 10.0 Å². The molecule has 0 aromatic heterocycles. The topological polar surface area (TPSA) is 23.5 Å². The smallest absolute Gasteiger partial charge is 0.0762 e. The molecule has 1 heterocycles. The first-order valence-corrected chi connectivity index (χ1v) is 7.22. The molecular formula is C15H22ClNO. The van der Waals surface area contributed by atoms with Gasteiger partial charge in [-0.1, -0.05) is 31.0 Å². The molecule has 18 heavy (non-hydrogen) atoms. The van der Waals surface area contributed by atoms with Crippen LogP contribution in [-0.2, 0) is 0 Å². The van der Waals surface area contributed by atoms with Crippen molar-refractivity contribution in [1.82, 2.24) is 0 Å². The second-order valence-corrected chi connectivity index (χ2v) is 5.66. The van der Waals surface area contributed by atoms with Crippen LogP contribution < -0.4 is 4.90 Å². The van der Waals surface area contributed by atoms with E-state index in [1.54, 1.807) is 6.92 Å². The molecule has 0 spiro atoms. The minimum Gasteiger partial charge on any atom is -0.389 e. The Morgan fingerprint density at radius 1 is 1.50 bits per heavy atom. The molecule has 1 fully saturated rings. The second kappa shape index (κ2) is 5.94. The van der Waals surface area contributed by atoms with Gasteiger partial charge in [-0.25, -0.2) is 0 Å². The van der Waals surface area contributed by atoms with Crippen LogP contribution >= 0.6 is 11.6 Å². The predicted molar refractivity (Wildman–Crippen MR) is 77.3 cm³/mol. The van der Waals surface area contributed by atoms with E-state index < -0.39 is 6.10 Å². The second-order valence-electron chi connectivity index (χ2n) is 5.25. The summed E-state index contributed by atoms with van der Waals surface area (Å²) in [5.74, 6) is 0.784.